The van der Waals surface area contributed by atoms with Gasteiger partial charge in [0.05, 0.1) is 0 Å². The molecule has 2 nitrogen and oxygen atoms in total. The first-order valence-electron chi connectivity index (χ1n) is 6.51. The van der Waals surface area contributed by atoms with E-state index in [4.69, 9.17) is 0 Å². The van der Waals surface area contributed by atoms with Crippen LogP contribution in [0.5, 0.6) is 0 Å². The Labute approximate surface area is 106 Å². The average Bonchev–Trinajstić information content (AvgIpc) is 2.30. The van der Waals surface area contributed by atoms with Gasteiger partial charge in [-0.25, -0.2) is 0 Å². The Morgan fingerprint density at radius 3 is 2.41 bits per heavy atom. The summed E-state index contributed by atoms with van der Waals surface area (Å²) in [5.41, 5.74) is 1.59. The lowest BCUT2D eigenvalue weighted by Crippen LogP contribution is -2.43. The molecule has 0 saturated carbocycles. The van der Waals surface area contributed by atoms with Gasteiger partial charge in [0.25, 0.3) is 0 Å². The van der Waals surface area contributed by atoms with Crippen molar-refractivity contribution in [3.8, 4) is 0 Å². The van der Waals surface area contributed by atoms with Gasteiger partial charge in [-0.2, -0.15) is 0 Å². The van der Waals surface area contributed by atoms with E-state index in [2.05, 4.69) is 61.4 Å². The van der Waals surface area contributed by atoms with Crippen LogP contribution in [-0.2, 0) is 5.41 Å². The largest absolute Gasteiger partial charge is 0.319 e. The van der Waals surface area contributed by atoms with Gasteiger partial charge in [-0.05, 0) is 32.6 Å². The van der Waals surface area contributed by atoms with Crippen LogP contribution in [0.25, 0.3) is 0 Å². The van der Waals surface area contributed by atoms with Gasteiger partial charge >= 0.3 is 0 Å². The molecule has 0 spiro atoms. The minimum Gasteiger partial charge on any atom is -0.319 e. The van der Waals surface area contributed by atoms with Gasteiger partial charge in [0.2, 0.25) is 0 Å². The van der Waals surface area contributed by atoms with Crippen molar-refractivity contribution in [2.45, 2.75) is 25.7 Å². The Morgan fingerprint density at radius 1 is 1.24 bits per heavy atom. The molecular weight excluding hydrogens is 208 g/mol. The maximum Gasteiger partial charge on any atom is 0.0176 e. The Morgan fingerprint density at radius 2 is 1.88 bits per heavy atom. The highest BCUT2D eigenvalue weighted by molar-refractivity contribution is 5.25. The number of likely N-dealkylation sites (N-methyl/N-ethyl adjacent to an activating group) is 2. The van der Waals surface area contributed by atoms with Gasteiger partial charge in [-0.3, -0.25) is 0 Å². The molecule has 1 unspecified atom stereocenters. The maximum atomic E-state index is 3.33. The van der Waals surface area contributed by atoms with Gasteiger partial charge in [0.1, 0.15) is 0 Å². The molecule has 0 saturated heterocycles. The second-order valence-corrected chi connectivity index (χ2v) is 5.19. The highest BCUT2D eigenvalue weighted by atomic mass is 15.1. The summed E-state index contributed by atoms with van der Waals surface area (Å²) in [4.78, 5) is 2.42. The van der Waals surface area contributed by atoms with Crippen molar-refractivity contribution in [3.63, 3.8) is 0 Å². The average molecular weight is 234 g/mol. The minimum absolute atomic E-state index is 0.180. The maximum absolute atomic E-state index is 3.33. The second-order valence-electron chi connectivity index (χ2n) is 5.19. The smallest absolute Gasteiger partial charge is 0.0176 e. The molecule has 1 atom stereocenters. The first-order valence-corrected chi connectivity index (χ1v) is 6.51. The third kappa shape index (κ3) is 4.14. The number of benzene rings is 1. The summed E-state index contributed by atoms with van der Waals surface area (Å²) in [6.45, 7) is 7.82. The van der Waals surface area contributed by atoms with Crippen LogP contribution in [0, 0.1) is 0 Å². The molecule has 2 heteroatoms. The van der Waals surface area contributed by atoms with Crippen LogP contribution in [0.1, 0.15) is 25.8 Å². The molecule has 0 amide bonds. The Hall–Kier alpha value is -0.860. The fraction of sp³-hybridized carbons (Fsp3) is 0.600. The molecule has 96 valence electrons. The predicted octanol–water partition coefficient (Wildman–Crippen LogP) is 2.51. The molecular formula is C15H26N2. The van der Waals surface area contributed by atoms with Crippen LogP contribution in [0.2, 0.25) is 0 Å². The fourth-order valence-electron chi connectivity index (χ4n) is 2.54. The lowest BCUT2D eigenvalue weighted by atomic mass is 9.82. The number of hydrogen-bond donors (Lipinski definition) is 1. The number of hydrogen-bond acceptors (Lipinski definition) is 2. The molecule has 17 heavy (non-hydrogen) atoms. The monoisotopic (exact) mass is 234 g/mol. The third-order valence-corrected chi connectivity index (χ3v) is 3.26. The van der Waals surface area contributed by atoms with Crippen LogP contribution in [0.3, 0.4) is 0 Å². The summed E-state index contributed by atoms with van der Waals surface area (Å²) in [6, 6.07) is 10.8. The van der Waals surface area contributed by atoms with Crippen LogP contribution in [0.4, 0.5) is 0 Å². The predicted molar refractivity (Wildman–Crippen MR) is 75.5 cm³/mol. The minimum atomic E-state index is 0.180. The van der Waals surface area contributed by atoms with Gasteiger partial charge in [-0.1, -0.05) is 44.2 Å². The van der Waals surface area contributed by atoms with E-state index in [1.165, 1.54) is 12.0 Å². The number of nitrogens with one attached hydrogen (secondary N) is 1. The standard InChI is InChI=1S/C15H26N2/c1-5-11-17(4)13-15(2,12-16-3)14-9-7-6-8-10-14/h6-10,16H,5,11-13H2,1-4H3. The second kappa shape index (κ2) is 6.77. The van der Waals surface area contributed by atoms with E-state index in [0.29, 0.717) is 0 Å². The first kappa shape index (κ1) is 14.2. The van der Waals surface area contributed by atoms with Crippen LogP contribution in [-0.4, -0.2) is 38.6 Å². The normalized spacial score (nSPS) is 14.9. The molecule has 1 N–H and O–H groups in total. The topological polar surface area (TPSA) is 15.3 Å². The van der Waals surface area contributed by atoms with Crippen molar-refractivity contribution in [2.24, 2.45) is 0 Å². The molecule has 1 aromatic rings. The zero-order valence-corrected chi connectivity index (χ0v) is 11.7. The summed E-state index contributed by atoms with van der Waals surface area (Å²) >= 11 is 0. The Bertz CT molecular complexity index is 310. The quantitative estimate of drug-likeness (QED) is 0.780. The Balaban J connectivity index is 2.82. The summed E-state index contributed by atoms with van der Waals surface area (Å²) in [6.07, 6.45) is 1.21. The first-order chi connectivity index (χ1) is 8.12. The van der Waals surface area contributed by atoms with Crippen molar-refractivity contribution in [1.82, 2.24) is 10.2 Å². The van der Waals surface area contributed by atoms with E-state index in [0.717, 1.165) is 19.6 Å². The molecule has 0 aliphatic heterocycles. The van der Waals surface area contributed by atoms with Gasteiger partial charge in [0, 0.05) is 18.5 Å². The lowest BCUT2D eigenvalue weighted by molar-refractivity contribution is 0.252. The van der Waals surface area contributed by atoms with Crippen molar-refractivity contribution >= 4 is 0 Å². The van der Waals surface area contributed by atoms with E-state index in [9.17, 15) is 0 Å². The molecule has 0 aliphatic rings. The molecule has 0 heterocycles. The zero-order chi connectivity index (χ0) is 12.7. The number of rotatable bonds is 7. The molecule has 0 radical (unpaired) electrons. The van der Waals surface area contributed by atoms with Gasteiger partial charge in [0.15, 0.2) is 0 Å². The van der Waals surface area contributed by atoms with Crippen molar-refractivity contribution in [1.29, 1.82) is 0 Å². The van der Waals surface area contributed by atoms with E-state index < -0.39 is 0 Å². The van der Waals surface area contributed by atoms with Crippen LogP contribution >= 0.6 is 0 Å². The molecule has 1 aromatic carbocycles. The molecule has 0 bridgehead atoms. The fourth-order valence-corrected chi connectivity index (χ4v) is 2.54. The van der Waals surface area contributed by atoms with Crippen molar-refractivity contribution < 1.29 is 0 Å². The van der Waals surface area contributed by atoms with E-state index in [1.807, 2.05) is 7.05 Å². The van der Waals surface area contributed by atoms with Crippen molar-refractivity contribution in [2.75, 3.05) is 33.7 Å². The molecule has 0 aromatic heterocycles. The van der Waals surface area contributed by atoms with E-state index in [-0.39, 0.29) is 5.41 Å². The molecule has 1 rings (SSSR count). The summed E-state index contributed by atoms with van der Waals surface area (Å²) in [5, 5.41) is 3.33. The highest BCUT2D eigenvalue weighted by Gasteiger charge is 2.26. The van der Waals surface area contributed by atoms with E-state index >= 15 is 0 Å². The van der Waals surface area contributed by atoms with Gasteiger partial charge in [-0.15, -0.1) is 0 Å². The third-order valence-electron chi connectivity index (χ3n) is 3.26. The van der Waals surface area contributed by atoms with E-state index in [1.54, 1.807) is 0 Å². The molecule has 0 aliphatic carbocycles. The molecule has 0 fully saturated rings. The summed E-state index contributed by atoms with van der Waals surface area (Å²) in [5.74, 6) is 0. The highest BCUT2D eigenvalue weighted by Crippen LogP contribution is 2.23. The summed E-state index contributed by atoms with van der Waals surface area (Å²) in [7, 11) is 4.24. The lowest BCUT2D eigenvalue weighted by Gasteiger charge is -2.34. The van der Waals surface area contributed by atoms with Crippen LogP contribution < -0.4 is 5.32 Å². The number of nitrogens with zero attached hydrogens (tertiary/aromatic N) is 1. The van der Waals surface area contributed by atoms with Crippen LogP contribution in [0.15, 0.2) is 30.3 Å². The Kier molecular flexibility index (Phi) is 5.66. The zero-order valence-electron chi connectivity index (χ0n) is 11.7. The summed E-state index contributed by atoms with van der Waals surface area (Å²) < 4.78 is 0. The van der Waals surface area contributed by atoms with Gasteiger partial charge < -0.3 is 10.2 Å². The van der Waals surface area contributed by atoms with Crippen molar-refractivity contribution in [3.05, 3.63) is 35.9 Å². The SMILES string of the molecule is CCCN(C)CC(C)(CNC)c1ccccc1.